The number of nitrogens with zero attached hydrogens (tertiary/aromatic N) is 4. The van der Waals surface area contributed by atoms with Gasteiger partial charge in [0, 0.05) is 24.5 Å². The lowest BCUT2D eigenvalue weighted by atomic mass is 10.3. The molecule has 1 heterocycles. The Bertz CT molecular complexity index is 1200. The molecule has 0 saturated carbocycles. The highest BCUT2D eigenvalue weighted by molar-refractivity contribution is 7.92. The van der Waals surface area contributed by atoms with E-state index in [0.717, 1.165) is 10.4 Å². The first-order chi connectivity index (χ1) is 14.9. The number of sulfonamides is 1. The summed E-state index contributed by atoms with van der Waals surface area (Å²) in [7, 11) is -4.18. The van der Waals surface area contributed by atoms with Gasteiger partial charge in [0.2, 0.25) is 0 Å². The van der Waals surface area contributed by atoms with Crippen molar-refractivity contribution >= 4 is 33.5 Å². The lowest BCUT2D eigenvalue weighted by Gasteiger charge is -2.23. The smallest absolute Gasteiger partial charge is 0.271 e. The van der Waals surface area contributed by atoms with Crippen molar-refractivity contribution < 1.29 is 18.1 Å². The van der Waals surface area contributed by atoms with E-state index in [4.69, 9.17) is 0 Å². The van der Waals surface area contributed by atoms with E-state index in [9.17, 15) is 23.3 Å². The second-order valence-corrected chi connectivity index (χ2v) is 8.04. The third-order valence-electron chi connectivity index (χ3n) is 4.06. The van der Waals surface area contributed by atoms with Gasteiger partial charge in [0.1, 0.15) is 6.54 Å². The van der Waals surface area contributed by atoms with Crippen LogP contribution in [-0.2, 0) is 14.8 Å². The lowest BCUT2D eigenvalue weighted by molar-refractivity contribution is -0.384. The number of nitro benzene ring substituents is 1. The SMILES string of the molecule is O=C(CN(c1cccc([N+](=O)[O-])c1)S(=O)(=O)c1ccccc1)NN=Cc1ccncc1. The van der Waals surface area contributed by atoms with E-state index < -0.39 is 27.4 Å². The summed E-state index contributed by atoms with van der Waals surface area (Å²) in [6.45, 7) is -0.633. The van der Waals surface area contributed by atoms with Crippen molar-refractivity contribution in [2.45, 2.75) is 4.90 Å². The van der Waals surface area contributed by atoms with E-state index in [1.54, 1.807) is 30.6 Å². The Kier molecular flexibility index (Phi) is 6.67. The van der Waals surface area contributed by atoms with E-state index in [1.807, 2.05) is 0 Å². The van der Waals surface area contributed by atoms with Crippen LogP contribution in [0.15, 0.2) is 89.1 Å². The molecule has 1 amide bonds. The molecule has 0 unspecified atom stereocenters. The third kappa shape index (κ3) is 5.48. The first-order valence-corrected chi connectivity index (χ1v) is 10.4. The number of non-ortho nitro benzene ring substituents is 1. The van der Waals surface area contributed by atoms with Crippen LogP contribution >= 0.6 is 0 Å². The number of anilines is 1. The predicted octanol–water partition coefficient (Wildman–Crippen LogP) is 2.34. The van der Waals surface area contributed by atoms with Gasteiger partial charge in [-0.15, -0.1) is 0 Å². The van der Waals surface area contributed by atoms with E-state index in [-0.39, 0.29) is 16.3 Å². The number of hydrazone groups is 1. The van der Waals surface area contributed by atoms with Crippen molar-refractivity contribution in [1.82, 2.24) is 10.4 Å². The van der Waals surface area contributed by atoms with E-state index in [2.05, 4.69) is 15.5 Å². The van der Waals surface area contributed by atoms with Crippen LogP contribution in [0.4, 0.5) is 11.4 Å². The zero-order valence-electron chi connectivity index (χ0n) is 16.0. The van der Waals surface area contributed by atoms with Crippen molar-refractivity contribution in [3.05, 3.63) is 94.8 Å². The molecule has 0 saturated heterocycles. The Morgan fingerprint density at radius 3 is 2.48 bits per heavy atom. The van der Waals surface area contributed by atoms with Crippen LogP contribution in [0.25, 0.3) is 0 Å². The standard InChI is InChI=1S/C20H17N5O5S/c26-20(23-22-14-16-9-11-21-12-10-16)15-24(17-5-4-6-18(13-17)25(27)28)31(29,30)19-7-2-1-3-8-19/h1-14H,15H2,(H,23,26). The monoisotopic (exact) mass is 439 g/mol. The molecule has 158 valence electrons. The molecular weight excluding hydrogens is 422 g/mol. The molecule has 2 aromatic carbocycles. The maximum atomic E-state index is 13.2. The molecule has 0 fully saturated rings. The van der Waals surface area contributed by atoms with Crippen molar-refractivity contribution in [3.8, 4) is 0 Å². The van der Waals surface area contributed by atoms with Gasteiger partial charge >= 0.3 is 0 Å². The molecule has 0 atom stereocenters. The fourth-order valence-corrected chi connectivity index (χ4v) is 4.02. The average molecular weight is 439 g/mol. The fraction of sp³-hybridized carbons (Fsp3) is 0.0500. The maximum absolute atomic E-state index is 13.2. The average Bonchev–Trinajstić information content (AvgIpc) is 2.79. The largest absolute Gasteiger partial charge is 0.271 e. The van der Waals surface area contributed by atoms with Gasteiger partial charge in [0.15, 0.2) is 0 Å². The van der Waals surface area contributed by atoms with Crippen LogP contribution in [0.1, 0.15) is 5.56 Å². The van der Waals surface area contributed by atoms with Crippen molar-refractivity contribution in [2.75, 3.05) is 10.8 Å². The summed E-state index contributed by atoms with van der Waals surface area (Å²) in [5.74, 6) is -0.726. The predicted molar refractivity (Wildman–Crippen MR) is 114 cm³/mol. The van der Waals surface area contributed by atoms with E-state index in [0.29, 0.717) is 5.56 Å². The number of amides is 1. The molecule has 3 rings (SSSR count). The molecule has 1 aromatic heterocycles. The number of nitro groups is 1. The highest BCUT2D eigenvalue weighted by Gasteiger charge is 2.28. The molecular formula is C20H17N5O5S. The van der Waals surface area contributed by atoms with Gasteiger partial charge in [0.05, 0.1) is 21.7 Å². The van der Waals surface area contributed by atoms with Crippen LogP contribution < -0.4 is 9.73 Å². The number of hydrogen-bond donors (Lipinski definition) is 1. The molecule has 1 N–H and O–H groups in total. The molecule has 10 nitrogen and oxygen atoms in total. The molecule has 0 radical (unpaired) electrons. The maximum Gasteiger partial charge on any atom is 0.271 e. The van der Waals surface area contributed by atoms with E-state index in [1.165, 1.54) is 48.7 Å². The Balaban J connectivity index is 1.89. The number of hydrogen-bond acceptors (Lipinski definition) is 7. The van der Waals surface area contributed by atoms with Crippen LogP contribution in [0.5, 0.6) is 0 Å². The summed E-state index contributed by atoms with van der Waals surface area (Å²) < 4.78 is 27.1. The molecule has 0 aliphatic carbocycles. The van der Waals surface area contributed by atoms with Gasteiger partial charge in [-0.3, -0.25) is 24.2 Å². The zero-order valence-corrected chi connectivity index (χ0v) is 16.8. The highest BCUT2D eigenvalue weighted by Crippen LogP contribution is 2.26. The Hall–Kier alpha value is -4.12. The van der Waals surface area contributed by atoms with E-state index >= 15 is 0 Å². The van der Waals surface area contributed by atoms with Crippen LogP contribution in [0.3, 0.4) is 0 Å². The summed E-state index contributed by atoms with van der Waals surface area (Å²) in [4.78, 5) is 26.7. The van der Waals surface area contributed by atoms with Gasteiger partial charge in [-0.25, -0.2) is 13.8 Å². The van der Waals surface area contributed by atoms with Gasteiger partial charge in [-0.1, -0.05) is 24.3 Å². The number of benzene rings is 2. The van der Waals surface area contributed by atoms with Crippen LogP contribution in [0.2, 0.25) is 0 Å². The number of nitrogens with one attached hydrogen (secondary N) is 1. The van der Waals surface area contributed by atoms with Crippen LogP contribution in [0, 0.1) is 10.1 Å². The zero-order chi connectivity index (χ0) is 22.3. The normalized spacial score (nSPS) is 11.2. The second kappa shape index (κ2) is 9.59. The number of carbonyl (C=O) groups is 1. The molecule has 0 aliphatic rings. The quantitative estimate of drug-likeness (QED) is 0.325. The van der Waals surface area contributed by atoms with Crippen molar-refractivity contribution in [3.63, 3.8) is 0 Å². The highest BCUT2D eigenvalue weighted by atomic mass is 32.2. The minimum Gasteiger partial charge on any atom is -0.271 e. The van der Waals surface area contributed by atoms with Gasteiger partial charge < -0.3 is 0 Å². The first-order valence-electron chi connectivity index (χ1n) is 8.92. The number of rotatable bonds is 8. The molecule has 11 heteroatoms. The molecule has 0 spiro atoms. The van der Waals surface area contributed by atoms with Crippen molar-refractivity contribution in [2.24, 2.45) is 5.10 Å². The second-order valence-electron chi connectivity index (χ2n) is 6.18. The molecule has 3 aromatic rings. The number of carbonyl (C=O) groups excluding carboxylic acids is 1. The van der Waals surface area contributed by atoms with Crippen molar-refractivity contribution in [1.29, 1.82) is 0 Å². The molecule has 0 aliphatic heterocycles. The first kappa shape index (κ1) is 21.6. The molecule has 0 bridgehead atoms. The lowest BCUT2D eigenvalue weighted by Crippen LogP contribution is -2.39. The number of aromatic nitrogens is 1. The third-order valence-corrected chi connectivity index (χ3v) is 5.84. The Labute approximate surface area is 178 Å². The van der Waals surface area contributed by atoms with Gasteiger partial charge in [0.25, 0.3) is 21.6 Å². The summed E-state index contributed by atoms with van der Waals surface area (Å²) >= 11 is 0. The molecule has 31 heavy (non-hydrogen) atoms. The summed E-state index contributed by atoms with van der Waals surface area (Å²) in [6.07, 6.45) is 4.49. The summed E-state index contributed by atoms with van der Waals surface area (Å²) in [5, 5.41) is 14.9. The minimum absolute atomic E-state index is 0.0219. The fourth-order valence-electron chi connectivity index (χ4n) is 2.59. The Morgan fingerprint density at radius 2 is 1.81 bits per heavy atom. The summed E-state index contributed by atoms with van der Waals surface area (Å²) in [6, 6.07) is 15.9. The van der Waals surface area contributed by atoms with Gasteiger partial charge in [-0.05, 0) is 35.9 Å². The summed E-state index contributed by atoms with van der Waals surface area (Å²) in [5.41, 5.74) is 2.62. The number of pyridine rings is 1. The Morgan fingerprint density at radius 1 is 1.10 bits per heavy atom. The topological polar surface area (TPSA) is 135 Å². The minimum atomic E-state index is -4.18. The van der Waals surface area contributed by atoms with Gasteiger partial charge in [-0.2, -0.15) is 5.10 Å². The van der Waals surface area contributed by atoms with Crippen LogP contribution in [-0.4, -0.2) is 37.0 Å².